The molecule has 0 spiro atoms. The summed E-state index contributed by atoms with van der Waals surface area (Å²) in [4.78, 5) is 4.33. The highest BCUT2D eigenvalue weighted by Crippen LogP contribution is 2.22. The first-order valence-corrected chi connectivity index (χ1v) is 7.81. The molecule has 3 rings (SSSR count). The Hall–Kier alpha value is -1.81. The van der Waals surface area contributed by atoms with E-state index < -0.39 is 0 Å². The van der Waals surface area contributed by atoms with Gasteiger partial charge >= 0.3 is 0 Å². The molecule has 0 aliphatic heterocycles. The van der Waals surface area contributed by atoms with Gasteiger partial charge in [-0.05, 0) is 18.9 Å². The molecule has 4 nitrogen and oxygen atoms in total. The summed E-state index contributed by atoms with van der Waals surface area (Å²) in [5.41, 5.74) is 1.24. The predicted octanol–water partition coefficient (Wildman–Crippen LogP) is 2.78. The van der Waals surface area contributed by atoms with Crippen molar-refractivity contribution in [3.05, 3.63) is 48.0 Å². The summed E-state index contributed by atoms with van der Waals surface area (Å²) in [6.45, 7) is 4.53. The third-order valence-electron chi connectivity index (χ3n) is 3.84. The van der Waals surface area contributed by atoms with Crippen LogP contribution in [0.2, 0.25) is 0 Å². The third-order valence-corrected chi connectivity index (χ3v) is 3.84. The van der Waals surface area contributed by atoms with Gasteiger partial charge in [0.25, 0.3) is 0 Å². The average Bonchev–Trinajstić information content (AvgIpc) is 3.24. The predicted molar refractivity (Wildman–Crippen MR) is 83.4 cm³/mol. The largest absolute Gasteiger partial charge is 0.491 e. The van der Waals surface area contributed by atoms with Gasteiger partial charge in [0, 0.05) is 37.0 Å². The van der Waals surface area contributed by atoms with Crippen molar-refractivity contribution in [2.24, 2.45) is 0 Å². The average molecular weight is 285 g/mol. The van der Waals surface area contributed by atoms with Crippen LogP contribution in [0.4, 0.5) is 0 Å². The Morgan fingerprint density at radius 1 is 1.33 bits per heavy atom. The normalized spacial score (nSPS) is 14.3. The highest BCUT2D eigenvalue weighted by Gasteiger charge is 2.20. The molecule has 0 atom stereocenters. The molecule has 1 N–H and O–H groups in total. The first-order chi connectivity index (χ1) is 10.4. The lowest BCUT2D eigenvalue weighted by Gasteiger charge is -2.13. The molecular weight excluding hydrogens is 262 g/mol. The molecule has 2 aromatic rings. The molecule has 1 aromatic carbocycles. The van der Waals surface area contributed by atoms with Gasteiger partial charge in [-0.3, -0.25) is 0 Å². The molecule has 0 bridgehead atoms. The maximum atomic E-state index is 5.97. The van der Waals surface area contributed by atoms with Crippen LogP contribution >= 0.6 is 0 Å². The maximum Gasteiger partial charge on any atom is 0.123 e. The van der Waals surface area contributed by atoms with E-state index in [1.165, 1.54) is 18.4 Å². The maximum absolute atomic E-state index is 5.97. The molecule has 1 saturated carbocycles. The Kier molecular flexibility index (Phi) is 4.55. The first-order valence-electron chi connectivity index (χ1n) is 7.81. The summed E-state index contributed by atoms with van der Waals surface area (Å²) in [6, 6.07) is 9.01. The Morgan fingerprint density at radius 2 is 2.19 bits per heavy atom. The fourth-order valence-corrected chi connectivity index (χ4v) is 2.44. The number of rotatable bonds is 8. The van der Waals surface area contributed by atoms with E-state index >= 15 is 0 Å². The molecule has 0 unspecified atom stereocenters. The minimum absolute atomic E-state index is 0.670. The van der Waals surface area contributed by atoms with E-state index in [1.807, 2.05) is 18.5 Å². The summed E-state index contributed by atoms with van der Waals surface area (Å²) >= 11 is 0. The van der Waals surface area contributed by atoms with Crippen LogP contribution < -0.4 is 10.1 Å². The van der Waals surface area contributed by atoms with Crippen LogP contribution in [0, 0.1) is 0 Å². The fraction of sp³-hybridized carbons (Fsp3) is 0.471. The van der Waals surface area contributed by atoms with E-state index in [4.69, 9.17) is 4.74 Å². The molecule has 21 heavy (non-hydrogen) atoms. The van der Waals surface area contributed by atoms with Gasteiger partial charge in [-0.25, -0.2) is 4.98 Å². The van der Waals surface area contributed by atoms with Gasteiger partial charge in [-0.1, -0.05) is 25.1 Å². The lowest BCUT2D eigenvalue weighted by atomic mass is 10.2. The van der Waals surface area contributed by atoms with Crippen molar-refractivity contribution in [2.75, 3.05) is 6.61 Å². The van der Waals surface area contributed by atoms with Crippen molar-refractivity contribution in [1.29, 1.82) is 0 Å². The second-order valence-electron chi connectivity index (χ2n) is 5.50. The lowest BCUT2D eigenvalue weighted by Crippen LogP contribution is -2.17. The van der Waals surface area contributed by atoms with Crippen LogP contribution in [0.3, 0.4) is 0 Å². The highest BCUT2D eigenvalue weighted by atomic mass is 16.5. The molecule has 0 saturated heterocycles. The molecule has 0 radical (unpaired) electrons. The van der Waals surface area contributed by atoms with Gasteiger partial charge in [0.15, 0.2) is 0 Å². The van der Waals surface area contributed by atoms with Gasteiger partial charge in [0.1, 0.15) is 18.2 Å². The fourth-order valence-electron chi connectivity index (χ4n) is 2.44. The second kappa shape index (κ2) is 6.76. The van der Waals surface area contributed by atoms with E-state index in [1.54, 1.807) is 0 Å². The number of aromatic nitrogens is 2. The van der Waals surface area contributed by atoms with Crippen LogP contribution in [0.1, 0.15) is 31.2 Å². The number of aryl methyl sites for hydroxylation is 1. The lowest BCUT2D eigenvalue weighted by molar-refractivity contribution is 0.293. The van der Waals surface area contributed by atoms with Crippen LogP contribution in [-0.4, -0.2) is 22.2 Å². The van der Waals surface area contributed by atoms with Crippen molar-refractivity contribution in [2.45, 2.75) is 45.3 Å². The van der Waals surface area contributed by atoms with Gasteiger partial charge in [0.05, 0.1) is 6.54 Å². The monoisotopic (exact) mass is 285 g/mol. The molecule has 112 valence electrons. The number of para-hydroxylation sites is 1. The zero-order valence-corrected chi connectivity index (χ0v) is 12.6. The molecule has 1 aromatic heterocycles. The molecule has 0 amide bonds. The third kappa shape index (κ3) is 3.85. The van der Waals surface area contributed by atoms with Crippen molar-refractivity contribution < 1.29 is 4.74 Å². The highest BCUT2D eigenvalue weighted by molar-refractivity contribution is 5.33. The summed E-state index contributed by atoms with van der Waals surface area (Å²) < 4.78 is 8.13. The first kappa shape index (κ1) is 14.1. The SMILES string of the molecule is CCc1nccn1CCOc1ccccc1CNC1CC1. The zero-order valence-electron chi connectivity index (χ0n) is 12.6. The van der Waals surface area contributed by atoms with E-state index in [2.05, 4.69) is 40.0 Å². The summed E-state index contributed by atoms with van der Waals surface area (Å²) in [7, 11) is 0. The van der Waals surface area contributed by atoms with Crippen molar-refractivity contribution >= 4 is 0 Å². The van der Waals surface area contributed by atoms with Crippen LogP contribution in [0.5, 0.6) is 5.75 Å². The number of nitrogens with one attached hydrogen (secondary N) is 1. The number of benzene rings is 1. The smallest absolute Gasteiger partial charge is 0.123 e. The van der Waals surface area contributed by atoms with Crippen LogP contribution in [0.15, 0.2) is 36.7 Å². The van der Waals surface area contributed by atoms with Gasteiger partial charge < -0.3 is 14.6 Å². The van der Waals surface area contributed by atoms with Crippen molar-refractivity contribution in [3.8, 4) is 5.75 Å². The minimum Gasteiger partial charge on any atom is -0.491 e. The summed E-state index contributed by atoms with van der Waals surface area (Å²) in [5.74, 6) is 2.10. The summed E-state index contributed by atoms with van der Waals surface area (Å²) in [6.07, 6.45) is 7.44. The quantitative estimate of drug-likeness (QED) is 0.810. The van der Waals surface area contributed by atoms with Crippen LogP contribution in [-0.2, 0) is 19.5 Å². The standard InChI is InChI=1S/C17H23N3O/c1-2-17-18-9-10-20(17)11-12-21-16-6-4-3-5-14(16)13-19-15-7-8-15/h3-6,9-10,15,19H,2,7-8,11-13H2,1H3. The molecule has 1 aliphatic carbocycles. The Balaban J connectivity index is 1.54. The van der Waals surface area contributed by atoms with E-state index in [9.17, 15) is 0 Å². The molecule has 1 fully saturated rings. The molecule has 4 heteroatoms. The number of hydrogen-bond acceptors (Lipinski definition) is 3. The Bertz CT molecular complexity index is 575. The van der Waals surface area contributed by atoms with Gasteiger partial charge in [-0.15, -0.1) is 0 Å². The van der Waals surface area contributed by atoms with Gasteiger partial charge in [0.2, 0.25) is 0 Å². The number of ether oxygens (including phenoxy) is 1. The zero-order chi connectivity index (χ0) is 14.5. The minimum atomic E-state index is 0.670. The number of imidazole rings is 1. The summed E-state index contributed by atoms with van der Waals surface area (Å²) in [5, 5.41) is 3.54. The number of nitrogens with zero attached hydrogens (tertiary/aromatic N) is 2. The Morgan fingerprint density at radius 3 is 3.00 bits per heavy atom. The molecule has 1 heterocycles. The molecule has 1 aliphatic rings. The number of hydrogen-bond donors (Lipinski definition) is 1. The van der Waals surface area contributed by atoms with Gasteiger partial charge in [-0.2, -0.15) is 0 Å². The Labute approximate surface area is 126 Å². The van der Waals surface area contributed by atoms with Crippen molar-refractivity contribution in [3.63, 3.8) is 0 Å². The second-order valence-corrected chi connectivity index (χ2v) is 5.50. The molecular formula is C17H23N3O. The topological polar surface area (TPSA) is 39.1 Å². The van der Waals surface area contributed by atoms with E-state index in [0.717, 1.165) is 37.1 Å². The van der Waals surface area contributed by atoms with Crippen molar-refractivity contribution in [1.82, 2.24) is 14.9 Å². The van der Waals surface area contributed by atoms with E-state index in [-0.39, 0.29) is 0 Å². The van der Waals surface area contributed by atoms with E-state index in [0.29, 0.717) is 6.61 Å². The van der Waals surface area contributed by atoms with Crippen LogP contribution in [0.25, 0.3) is 0 Å².